The van der Waals surface area contributed by atoms with E-state index in [1.165, 1.54) is 11.3 Å². The monoisotopic (exact) mass is 549 g/mol. The number of fused-ring (bicyclic) bond motifs is 1. The minimum Gasteiger partial charge on any atom is -0.493 e. The number of aromatic nitrogens is 3. The minimum absolute atomic E-state index is 0. The summed E-state index contributed by atoms with van der Waals surface area (Å²) >= 11 is 1.45. The molecule has 0 amide bonds. The lowest BCUT2D eigenvalue weighted by Gasteiger charge is -2.12. The fourth-order valence-corrected chi connectivity index (χ4v) is 4.44. The van der Waals surface area contributed by atoms with Gasteiger partial charge >= 0.3 is 5.97 Å². The minimum atomic E-state index is -0.947. The molecule has 0 bridgehead atoms. The number of benzene rings is 3. The summed E-state index contributed by atoms with van der Waals surface area (Å²) in [7, 11) is 3.19. The van der Waals surface area contributed by atoms with Crippen LogP contribution in [-0.4, -0.2) is 40.2 Å². The highest BCUT2D eigenvalue weighted by Crippen LogP contribution is 2.33. The molecule has 11 heteroatoms. The number of thiazole rings is 1. The predicted octanol–water partition coefficient (Wildman–Crippen LogP) is 6.25. The average Bonchev–Trinajstić information content (AvgIpc) is 3.41. The summed E-state index contributed by atoms with van der Waals surface area (Å²) in [6.45, 7) is 0.555. The predicted molar refractivity (Wildman–Crippen MR) is 151 cm³/mol. The maximum Gasteiger partial charge on any atom is 0.335 e. The Balaban J connectivity index is 0.00000336. The molecular weight excluding hydrogens is 526 g/mol. The van der Waals surface area contributed by atoms with Crippen LogP contribution >= 0.6 is 23.7 Å². The normalized spacial score (nSPS) is 10.5. The zero-order valence-electron chi connectivity index (χ0n) is 20.5. The number of rotatable bonds is 9. The van der Waals surface area contributed by atoms with Gasteiger partial charge in [-0.05, 0) is 48.0 Å². The molecule has 0 aliphatic rings. The van der Waals surface area contributed by atoms with Gasteiger partial charge < -0.3 is 25.2 Å². The zero-order chi connectivity index (χ0) is 25.8. The van der Waals surface area contributed by atoms with Crippen molar-refractivity contribution in [1.82, 2.24) is 15.0 Å². The van der Waals surface area contributed by atoms with Crippen molar-refractivity contribution in [3.05, 3.63) is 83.4 Å². The van der Waals surface area contributed by atoms with Crippen molar-refractivity contribution in [1.29, 1.82) is 0 Å². The van der Waals surface area contributed by atoms with Gasteiger partial charge in [0.2, 0.25) is 0 Å². The van der Waals surface area contributed by atoms with E-state index in [2.05, 4.69) is 15.6 Å². The Bertz CT molecular complexity index is 1580. The zero-order valence-corrected chi connectivity index (χ0v) is 22.1. The van der Waals surface area contributed by atoms with E-state index in [9.17, 15) is 4.79 Å². The molecule has 0 fully saturated rings. The third kappa shape index (κ3) is 5.77. The molecule has 3 aromatic carbocycles. The van der Waals surface area contributed by atoms with E-state index in [1.807, 2.05) is 42.5 Å². The Morgan fingerprint density at radius 3 is 2.45 bits per heavy atom. The van der Waals surface area contributed by atoms with Crippen molar-refractivity contribution in [2.75, 3.05) is 24.9 Å². The van der Waals surface area contributed by atoms with Crippen LogP contribution in [0.3, 0.4) is 0 Å². The number of halogens is 1. The van der Waals surface area contributed by atoms with Crippen LogP contribution in [0.5, 0.6) is 11.5 Å². The highest BCUT2D eigenvalue weighted by Gasteiger charge is 2.14. The van der Waals surface area contributed by atoms with Gasteiger partial charge in [-0.15, -0.1) is 23.7 Å². The van der Waals surface area contributed by atoms with Gasteiger partial charge in [-0.1, -0.05) is 18.2 Å². The molecule has 0 radical (unpaired) electrons. The lowest BCUT2D eigenvalue weighted by Crippen LogP contribution is -2.02. The molecule has 5 rings (SSSR count). The number of anilines is 3. The van der Waals surface area contributed by atoms with Gasteiger partial charge in [0, 0.05) is 29.5 Å². The third-order valence-electron chi connectivity index (χ3n) is 5.66. The van der Waals surface area contributed by atoms with Gasteiger partial charge in [-0.3, -0.25) is 0 Å². The number of hydrogen-bond acceptors (Lipinski definition) is 9. The fourth-order valence-electron chi connectivity index (χ4n) is 3.78. The van der Waals surface area contributed by atoms with Gasteiger partial charge in [0.15, 0.2) is 23.1 Å². The molecule has 194 valence electrons. The van der Waals surface area contributed by atoms with Crippen LogP contribution in [0.15, 0.2) is 72.2 Å². The topological polar surface area (TPSA) is 118 Å². The lowest BCUT2D eigenvalue weighted by atomic mass is 10.1. The summed E-state index contributed by atoms with van der Waals surface area (Å²) in [4.78, 5) is 25.8. The van der Waals surface area contributed by atoms with Crippen LogP contribution in [0.2, 0.25) is 0 Å². The van der Waals surface area contributed by atoms with Crippen molar-refractivity contribution in [2.45, 2.75) is 6.54 Å². The Morgan fingerprint density at radius 2 is 1.71 bits per heavy atom. The standard InChI is InChI=1S/C27H23N5O4S.ClH/c1-35-21-11-10-20(13-22(21)36-2)30-25-23-26(37-15-29-23)32-24(31-25)18-5-3-4-16(12-18)14-28-19-8-6-17(7-9-19)27(33)34;/h3-13,15,28H,14H2,1-2H3,(H,33,34)(H,30,31,32);1H. The first kappa shape index (κ1) is 26.6. The second-order valence-electron chi connectivity index (χ2n) is 8.03. The molecular formula is C27H24ClN5O4S. The molecule has 0 spiro atoms. The number of hydrogen-bond donors (Lipinski definition) is 3. The summed E-state index contributed by atoms with van der Waals surface area (Å²) in [6, 6.07) is 20.2. The van der Waals surface area contributed by atoms with Crippen LogP contribution < -0.4 is 20.1 Å². The van der Waals surface area contributed by atoms with E-state index < -0.39 is 5.97 Å². The number of nitrogens with zero attached hydrogens (tertiary/aromatic N) is 3. The average molecular weight is 550 g/mol. The van der Waals surface area contributed by atoms with E-state index in [4.69, 9.17) is 24.5 Å². The van der Waals surface area contributed by atoms with Crippen LogP contribution in [0, 0.1) is 0 Å². The molecule has 0 unspecified atom stereocenters. The molecule has 2 heterocycles. The first-order valence-corrected chi connectivity index (χ1v) is 12.2. The third-order valence-corrected chi connectivity index (χ3v) is 6.38. The van der Waals surface area contributed by atoms with Crippen molar-refractivity contribution in [3.63, 3.8) is 0 Å². The molecule has 38 heavy (non-hydrogen) atoms. The van der Waals surface area contributed by atoms with Crippen LogP contribution in [0.25, 0.3) is 21.7 Å². The van der Waals surface area contributed by atoms with Crippen LogP contribution in [-0.2, 0) is 6.54 Å². The molecule has 0 saturated carbocycles. The Hall–Kier alpha value is -4.41. The number of carboxylic acid groups (broad SMARTS) is 1. The molecule has 0 aliphatic heterocycles. The van der Waals surface area contributed by atoms with E-state index in [0.717, 1.165) is 27.3 Å². The highest BCUT2D eigenvalue weighted by atomic mass is 35.5. The Morgan fingerprint density at radius 1 is 0.947 bits per heavy atom. The molecule has 0 atom stereocenters. The van der Waals surface area contributed by atoms with Crippen LogP contribution in [0.4, 0.5) is 17.2 Å². The second kappa shape index (κ2) is 11.8. The molecule has 0 aliphatic carbocycles. The highest BCUT2D eigenvalue weighted by molar-refractivity contribution is 7.16. The SMILES string of the molecule is COc1ccc(Nc2nc(-c3cccc(CNc4ccc(C(=O)O)cc4)c3)nc3scnc23)cc1OC.Cl. The van der Waals surface area contributed by atoms with Crippen molar-refractivity contribution >= 4 is 57.3 Å². The van der Waals surface area contributed by atoms with Crippen molar-refractivity contribution in [3.8, 4) is 22.9 Å². The van der Waals surface area contributed by atoms with Crippen molar-refractivity contribution < 1.29 is 19.4 Å². The van der Waals surface area contributed by atoms with E-state index in [-0.39, 0.29) is 18.0 Å². The first-order chi connectivity index (χ1) is 18.0. The van der Waals surface area contributed by atoms with E-state index in [1.54, 1.807) is 44.0 Å². The lowest BCUT2D eigenvalue weighted by molar-refractivity contribution is 0.0697. The second-order valence-corrected chi connectivity index (χ2v) is 8.87. The smallest absolute Gasteiger partial charge is 0.335 e. The first-order valence-electron chi connectivity index (χ1n) is 11.3. The summed E-state index contributed by atoms with van der Waals surface area (Å²) in [6.07, 6.45) is 0. The fraction of sp³-hybridized carbons (Fsp3) is 0.111. The number of nitrogens with one attached hydrogen (secondary N) is 2. The largest absolute Gasteiger partial charge is 0.493 e. The summed E-state index contributed by atoms with van der Waals surface area (Å²) in [5, 5.41) is 15.7. The van der Waals surface area contributed by atoms with E-state index >= 15 is 0 Å². The summed E-state index contributed by atoms with van der Waals surface area (Å²) in [5.74, 6) is 1.47. The van der Waals surface area contributed by atoms with Gasteiger partial charge in [0.05, 0.1) is 25.3 Å². The van der Waals surface area contributed by atoms with Gasteiger partial charge in [0.25, 0.3) is 0 Å². The molecule has 2 aromatic heterocycles. The molecule has 3 N–H and O–H groups in total. The quantitative estimate of drug-likeness (QED) is 0.196. The van der Waals surface area contributed by atoms with Crippen LogP contribution in [0.1, 0.15) is 15.9 Å². The van der Waals surface area contributed by atoms with Gasteiger partial charge in [0.1, 0.15) is 10.3 Å². The number of carbonyl (C=O) groups is 1. The molecule has 0 saturated heterocycles. The molecule has 9 nitrogen and oxygen atoms in total. The Kier molecular flexibility index (Phi) is 8.25. The molecule has 5 aromatic rings. The van der Waals surface area contributed by atoms with Crippen molar-refractivity contribution in [2.24, 2.45) is 0 Å². The number of methoxy groups -OCH3 is 2. The van der Waals surface area contributed by atoms with Gasteiger partial charge in [-0.2, -0.15) is 0 Å². The maximum absolute atomic E-state index is 11.1. The summed E-state index contributed by atoms with van der Waals surface area (Å²) < 4.78 is 10.8. The summed E-state index contributed by atoms with van der Waals surface area (Å²) in [5.41, 5.74) is 6.20. The maximum atomic E-state index is 11.1. The number of carboxylic acids is 1. The number of ether oxygens (including phenoxy) is 2. The van der Waals surface area contributed by atoms with Gasteiger partial charge in [-0.25, -0.2) is 19.7 Å². The van der Waals surface area contributed by atoms with E-state index in [0.29, 0.717) is 35.2 Å². The Labute approximate surface area is 228 Å². The number of aromatic carboxylic acids is 1.